The molecule has 0 fully saturated rings. The topological polar surface area (TPSA) is 152 Å². The van der Waals surface area contributed by atoms with Crippen molar-refractivity contribution in [3.63, 3.8) is 0 Å². The summed E-state index contributed by atoms with van der Waals surface area (Å²) < 4.78 is 4.48. The number of nitrogens with zero attached hydrogens (tertiary/aromatic N) is 11. The van der Waals surface area contributed by atoms with Gasteiger partial charge >= 0.3 is 0 Å². The summed E-state index contributed by atoms with van der Waals surface area (Å²) in [5.41, 5.74) is 11.9. The largest absolute Gasteiger partial charge is 0.368 e. The minimum absolute atomic E-state index is 0.113. The third-order valence-corrected chi connectivity index (χ3v) is 6.25. The lowest BCUT2D eigenvalue weighted by Crippen LogP contribution is -2.14. The van der Waals surface area contributed by atoms with Crippen molar-refractivity contribution in [2.45, 2.75) is 6.54 Å². The van der Waals surface area contributed by atoms with Crippen molar-refractivity contribution in [3.05, 3.63) is 81.1 Å². The first-order chi connectivity index (χ1) is 18.0. The molecule has 2 N–H and O–H groups in total. The number of benzene rings is 1. The highest BCUT2D eigenvalue weighted by molar-refractivity contribution is 7.07. The number of aryl methyl sites for hydroxylation is 1. The molecular formula is C23H16N12OS. The van der Waals surface area contributed by atoms with Gasteiger partial charge < -0.3 is 10.3 Å². The highest BCUT2D eigenvalue weighted by atomic mass is 32.1. The lowest BCUT2D eigenvalue weighted by molar-refractivity contribution is 0.627. The SMILES string of the molecule is [C-]#[N+]c1cccc(-c2nc(N)n3nc(Cn4nnnc4-c4cscn4)nc3c2-c2ccc(=O)n(C)c2)c1. The Morgan fingerprint density at radius 2 is 2.05 bits per heavy atom. The van der Waals surface area contributed by atoms with Gasteiger partial charge in [0.1, 0.15) is 12.2 Å². The Labute approximate surface area is 212 Å². The first-order valence-corrected chi connectivity index (χ1v) is 11.8. The van der Waals surface area contributed by atoms with Gasteiger partial charge in [-0.1, -0.05) is 18.2 Å². The zero-order valence-electron chi connectivity index (χ0n) is 19.2. The molecule has 1 aromatic carbocycles. The van der Waals surface area contributed by atoms with E-state index >= 15 is 0 Å². The average Bonchev–Trinajstić information content (AvgIpc) is 3.67. The second kappa shape index (κ2) is 8.73. The van der Waals surface area contributed by atoms with Crippen LogP contribution in [0, 0.1) is 6.57 Å². The molecular weight excluding hydrogens is 492 g/mol. The van der Waals surface area contributed by atoms with E-state index < -0.39 is 0 Å². The minimum atomic E-state index is -0.157. The van der Waals surface area contributed by atoms with Gasteiger partial charge in [-0.3, -0.25) is 4.79 Å². The number of nitrogen functional groups attached to an aromatic ring is 1. The van der Waals surface area contributed by atoms with Gasteiger partial charge in [0.05, 0.1) is 23.3 Å². The van der Waals surface area contributed by atoms with E-state index in [4.69, 9.17) is 17.3 Å². The molecule has 0 saturated heterocycles. The normalized spacial score (nSPS) is 11.1. The highest BCUT2D eigenvalue weighted by Crippen LogP contribution is 2.35. The van der Waals surface area contributed by atoms with Gasteiger partial charge in [0.15, 0.2) is 17.2 Å². The molecule has 0 saturated carbocycles. The summed E-state index contributed by atoms with van der Waals surface area (Å²) in [6.07, 6.45) is 1.70. The Morgan fingerprint density at radius 1 is 1.16 bits per heavy atom. The predicted molar refractivity (Wildman–Crippen MR) is 136 cm³/mol. The summed E-state index contributed by atoms with van der Waals surface area (Å²) in [6, 6.07) is 10.2. The van der Waals surface area contributed by atoms with Gasteiger partial charge in [0.2, 0.25) is 17.3 Å². The molecule has 0 radical (unpaired) electrons. The Morgan fingerprint density at radius 3 is 2.84 bits per heavy atom. The van der Waals surface area contributed by atoms with E-state index in [-0.39, 0.29) is 18.1 Å². The van der Waals surface area contributed by atoms with Crippen LogP contribution in [0.1, 0.15) is 5.82 Å². The zero-order valence-corrected chi connectivity index (χ0v) is 20.0. The van der Waals surface area contributed by atoms with Crippen LogP contribution < -0.4 is 11.3 Å². The predicted octanol–water partition coefficient (Wildman–Crippen LogP) is 2.45. The molecule has 6 rings (SSSR count). The molecule has 0 aliphatic rings. The van der Waals surface area contributed by atoms with Crippen LogP contribution in [0.25, 0.3) is 44.4 Å². The van der Waals surface area contributed by atoms with Crippen LogP contribution in [0.4, 0.5) is 11.6 Å². The first-order valence-electron chi connectivity index (χ1n) is 10.9. The van der Waals surface area contributed by atoms with Crippen LogP contribution in [0.2, 0.25) is 0 Å². The van der Waals surface area contributed by atoms with Gasteiger partial charge in [-0.2, -0.15) is 4.52 Å². The molecule has 5 aromatic heterocycles. The maximum absolute atomic E-state index is 12.1. The van der Waals surface area contributed by atoms with Crippen molar-refractivity contribution in [3.8, 4) is 33.9 Å². The number of pyridine rings is 1. The van der Waals surface area contributed by atoms with Gasteiger partial charge in [-0.15, -0.1) is 21.5 Å². The van der Waals surface area contributed by atoms with E-state index in [0.29, 0.717) is 51.1 Å². The van der Waals surface area contributed by atoms with Crippen LogP contribution in [-0.4, -0.2) is 49.3 Å². The molecule has 0 spiro atoms. The van der Waals surface area contributed by atoms with Crippen molar-refractivity contribution >= 4 is 28.6 Å². The number of thiazole rings is 1. The van der Waals surface area contributed by atoms with Gasteiger partial charge in [-0.05, 0) is 28.1 Å². The molecule has 5 heterocycles. The van der Waals surface area contributed by atoms with E-state index in [1.807, 2.05) is 11.4 Å². The highest BCUT2D eigenvalue weighted by Gasteiger charge is 2.22. The van der Waals surface area contributed by atoms with E-state index in [9.17, 15) is 4.79 Å². The summed E-state index contributed by atoms with van der Waals surface area (Å²) in [6.45, 7) is 7.57. The number of fused-ring (bicyclic) bond motifs is 1. The maximum atomic E-state index is 12.1. The van der Waals surface area contributed by atoms with Crippen LogP contribution in [0.3, 0.4) is 0 Å². The number of hydrogen-bond acceptors (Lipinski definition) is 10. The zero-order chi connectivity index (χ0) is 25.5. The number of hydrogen-bond donors (Lipinski definition) is 1. The summed E-state index contributed by atoms with van der Waals surface area (Å²) in [5, 5.41) is 18.3. The van der Waals surface area contributed by atoms with Crippen LogP contribution in [0.5, 0.6) is 0 Å². The van der Waals surface area contributed by atoms with E-state index in [1.165, 1.54) is 26.5 Å². The van der Waals surface area contributed by atoms with Gasteiger partial charge in [-0.25, -0.2) is 24.5 Å². The first kappa shape index (κ1) is 22.2. The molecule has 0 bridgehead atoms. The molecule has 0 aliphatic heterocycles. The number of nitrogens with two attached hydrogens (primary N) is 1. The van der Waals surface area contributed by atoms with E-state index in [2.05, 4.69) is 35.4 Å². The third-order valence-electron chi connectivity index (χ3n) is 5.66. The van der Waals surface area contributed by atoms with Crippen LogP contribution >= 0.6 is 11.3 Å². The maximum Gasteiger partial charge on any atom is 0.250 e. The second-order valence-electron chi connectivity index (χ2n) is 8.02. The molecule has 37 heavy (non-hydrogen) atoms. The second-order valence-corrected chi connectivity index (χ2v) is 8.74. The minimum Gasteiger partial charge on any atom is -0.368 e. The van der Waals surface area contributed by atoms with Crippen LogP contribution in [-0.2, 0) is 13.6 Å². The number of tetrazole rings is 1. The van der Waals surface area contributed by atoms with E-state index in [0.717, 1.165) is 0 Å². The van der Waals surface area contributed by atoms with Gasteiger partial charge in [0, 0.05) is 30.3 Å². The van der Waals surface area contributed by atoms with Crippen molar-refractivity contribution in [1.82, 2.24) is 49.3 Å². The molecule has 0 atom stereocenters. The Bertz CT molecular complexity index is 1880. The summed E-state index contributed by atoms with van der Waals surface area (Å²) in [4.78, 5) is 29.3. The third kappa shape index (κ3) is 3.89. The number of aromatic nitrogens is 10. The lowest BCUT2D eigenvalue weighted by atomic mass is 10.0. The van der Waals surface area contributed by atoms with Crippen LogP contribution in [0.15, 0.2) is 58.3 Å². The standard InChI is InChI=1S/C23H16N12OS/c1-25-15-5-3-4-13(8-15)20-19(14-6-7-18(36)33(2)9-14)22-27-17(30-35(22)23(24)28-20)10-34-21(29-31-32-34)16-11-37-12-26-16/h3-9,11-12H,10H2,2H3,(H2,24,28). The van der Waals surface area contributed by atoms with E-state index in [1.54, 1.807) is 47.7 Å². The molecule has 0 amide bonds. The summed E-state index contributed by atoms with van der Waals surface area (Å²) >= 11 is 1.44. The molecule has 6 aromatic rings. The average molecular weight is 509 g/mol. The Kier molecular flexibility index (Phi) is 5.24. The Hall–Kier alpha value is -5.29. The molecule has 180 valence electrons. The fourth-order valence-electron chi connectivity index (χ4n) is 3.96. The fraction of sp³-hybridized carbons (Fsp3) is 0.0870. The van der Waals surface area contributed by atoms with Crippen molar-refractivity contribution in [2.24, 2.45) is 7.05 Å². The molecule has 13 nitrogen and oxygen atoms in total. The number of rotatable bonds is 5. The fourth-order valence-corrected chi connectivity index (χ4v) is 4.49. The molecule has 0 aliphatic carbocycles. The lowest BCUT2D eigenvalue weighted by Gasteiger charge is -2.13. The molecule has 0 unspecified atom stereocenters. The summed E-state index contributed by atoms with van der Waals surface area (Å²) in [5.74, 6) is 0.999. The monoisotopic (exact) mass is 508 g/mol. The Balaban J connectivity index is 1.56. The smallest absolute Gasteiger partial charge is 0.250 e. The quantitative estimate of drug-likeness (QED) is 0.346. The van der Waals surface area contributed by atoms with Crippen molar-refractivity contribution in [1.29, 1.82) is 0 Å². The van der Waals surface area contributed by atoms with Gasteiger partial charge in [0.25, 0.3) is 0 Å². The summed E-state index contributed by atoms with van der Waals surface area (Å²) in [7, 11) is 1.67. The number of anilines is 1. The van der Waals surface area contributed by atoms with Crippen molar-refractivity contribution in [2.75, 3.05) is 5.73 Å². The van der Waals surface area contributed by atoms with Crippen molar-refractivity contribution < 1.29 is 0 Å². The molecule has 14 heteroatoms.